The van der Waals surface area contributed by atoms with Gasteiger partial charge in [0, 0.05) is 11.4 Å². The number of carbonyl (C=O) groups is 1. The number of benzene rings is 1. The standard InChI is InChI=1S/C13H19N5O/c1-8-4-5-11(9(2)6-8)16-12(19)7-10(3)17-18-13(14)15/h4-6H,7H2,1-3H3,(H,16,19)(H4,14,15,18). The van der Waals surface area contributed by atoms with Crippen molar-refractivity contribution in [2.45, 2.75) is 27.2 Å². The summed E-state index contributed by atoms with van der Waals surface area (Å²) in [6, 6.07) is 5.84. The van der Waals surface area contributed by atoms with Crippen LogP contribution in [0.15, 0.2) is 28.4 Å². The van der Waals surface area contributed by atoms with E-state index >= 15 is 0 Å². The molecule has 0 atom stereocenters. The number of amides is 1. The number of anilines is 1. The van der Waals surface area contributed by atoms with Crippen molar-refractivity contribution >= 4 is 23.3 Å². The first-order valence-electron chi connectivity index (χ1n) is 5.87. The van der Waals surface area contributed by atoms with E-state index in [0.717, 1.165) is 16.8 Å². The minimum atomic E-state index is -0.154. The Morgan fingerprint density at radius 2 is 1.95 bits per heavy atom. The molecule has 1 aromatic carbocycles. The molecule has 6 heteroatoms. The van der Waals surface area contributed by atoms with Crippen molar-refractivity contribution in [1.82, 2.24) is 0 Å². The number of rotatable bonds is 4. The Labute approximate surface area is 112 Å². The molecule has 0 aliphatic carbocycles. The summed E-state index contributed by atoms with van der Waals surface area (Å²) in [6.45, 7) is 5.64. The molecule has 0 aromatic heterocycles. The predicted octanol–water partition coefficient (Wildman–Crippen LogP) is 1.28. The van der Waals surface area contributed by atoms with Crippen LogP contribution in [0.5, 0.6) is 0 Å². The van der Waals surface area contributed by atoms with E-state index in [1.54, 1.807) is 6.92 Å². The molecule has 0 aliphatic rings. The molecule has 1 amide bonds. The van der Waals surface area contributed by atoms with Gasteiger partial charge in [-0.25, -0.2) is 0 Å². The van der Waals surface area contributed by atoms with E-state index in [0.29, 0.717) is 5.71 Å². The van der Waals surface area contributed by atoms with E-state index in [1.165, 1.54) is 0 Å². The lowest BCUT2D eigenvalue weighted by atomic mass is 10.1. The average Bonchev–Trinajstić information content (AvgIpc) is 2.30. The third kappa shape index (κ3) is 5.20. The molecule has 0 fully saturated rings. The van der Waals surface area contributed by atoms with Crippen LogP contribution in [0.3, 0.4) is 0 Å². The first-order chi connectivity index (χ1) is 8.88. The fraction of sp³-hybridized carbons (Fsp3) is 0.308. The maximum atomic E-state index is 11.8. The number of hydrogen-bond donors (Lipinski definition) is 3. The summed E-state index contributed by atoms with van der Waals surface area (Å²) < 4.78 is 0. The van der Waals surface area contributed by atoms with Crippen LogP contribution >= 0.6 is 0 Å². The number of nitrogens with zero attached hydrogens (tertiary/aromatic N) is 2. The molecule has 0 saturated carbocycles. The van der Waals surface area contributed by atoms with Gasteiger partial charge in [-0.05, 0) is 32.4 Å². The van der Waals surface area contributed by atoms with Crippen LogP contribution in [0, 0.1) is 13.8 Å². The van der Waals surface area contributed by atoms with Gasteiger partial charge in [-0.2, -0.15) is 5.10 Å². The molecule has 0 aliphatic heterocycles. The highest BCUT2D eigenvalue weighted by Gasteiger charge is 2.06. The van der Waals surface area contributed by atoms with Crippen molar-refractivity contribution in [3.8, 4) is 0 Å². The zero-order chi connectivity index (χ0) is 14.4. The normalized spacial score (nSPS) is 11.0. The topological polar surface area (TPSA) is 106 Å². The van der Waals surface area contributed by atoms with Gasteiger partial charge in [0.05, 0.1) is 6.42 Å². The van der Waals surface area contributed by atoms with Crippen LogP contribution < -0.4 is 16.8 Å². The summed E-state index contributed by atoms with van der Waals surface area (Å²) in [4.78, 5) is 11.8. The molecule has 0 bridgehead atoms. The Balaban J connectivity index is 2.65. The van der Waals surface area contributed by atoms with Gasteiger partial charge >= 0.3 is 0 Å². The van der Waals surface area contributed by atoms with Gasteiger partial charge in [0.15, 0.2) is 0 Å². The zero-order valence-electron chi connectivity index (χ0n) is 11.4. The Kier molecular flexibility index (Phi) is 5.05. The summed E-state index contributed by atoms with van der Waals surface area (Å²) in [5.74, 6) is -0.284. The fourth-order valence-corrected chi connectivity index (χ4v) is 1.56. The van der Waals surface area contributed by atoms with E-state index in [9.17, 15) is 4.79 Å². The van der Waals surface area contributed by atoms with Crippen molar-refractivity contribution < 1.29 is 4.79 Å². The third-order valence-electron chi connectivity index (χ3n) is 2.41. The van der Waals surface area contributed by atoms with Crippen molar-refractivity contribution in [1.29, 1.82) is 0 Å². The number of hydrogen-bond acceptors (Lipinski definition) is 3. The number of nitrogens with two attached hydrogens (primary N) is 2. The summed E-state index contributed by atoms with van der Waals surface area (Å²) >= 11 is 0. The fourth-order valence-electron chi connectivity index (χ4n) is 1.56. The first-order valence-corrected chi connectivity index (χ1v) is 5.87. The summed E-state index contributed by atoms with van der Waals surface area (Å²) in [5.41, 5.74) is 13.8. The molecule has 5 N–H and O–H groups in total. The van der Waals surface area contributed by atoms with Crippen LogP contribution in [0.2, 0.25) is 0 Å². The molecule has 102 valence electrons. The van der Waals surface area contributed by atoms with Crippen LogP contribution in [-0.4, -0.2) is 17.6 Å². The van der Waals surface area contributed by atoms with Gasteiger partial charge in [0.25, 0.3) is 0 Å². The summed E-state index contributed by atoms with van der Waals surface area (Å²) in [6.07, 6.45) is 0.143. The monoisotopic (exact) mass is 261 g/mol. The Bertz CT molecular complexity index is 530. The lowest BCUT2D eigenvalue weighted by molar-refractivity contribution is -0.115. The molecule has 0 radical (unpaired) electrons. The van der Waals surface area contributed by atoms with E-state index in [4.69, 9.17) is 11.5 Å². The highest BCUT2D eigenvalue weighted by atomic mass is 16.1. The summed E-state index contributed by atoms with van der Waals surface area (Å²) in [5, 5.41) is 10.1. The molecule has 1 rings (SSSR count). The molecular weight excluding hydrogens is 242 g/mol. The van der Waals surface area contributed by atoms with Gasteiger partial charge in [0.2, 0.25) is 11.9 Å². The number of nitrogens with one attached hydrogen (secondary N) is 1. The quantitative estimate of drug-likeness (QED) is 0.432. The number of aryl methyl sites for hydroxylation is 2. The largest absolute Gasteiger partial charge is 0.369 e. The minimum Gasteiger partial charge on any atom is -0.369 e. The van der Waals surface area contributed by atoms with Crippen LogP contribution in [0.1, 0.15) is 24.5 Å². The highest BCUT2D eigenvalue weighted by Crippen LogP contribution is 2.16. The van der Waals surface area contributed by atoms with Gasteiger partial charge in [-0.1, -0.05) is 17.7 Å². The van der Waals surface area contributed by atoms with Gasteiger partial charge in [0.1, 0.15) is 0 Å². The Morgan fingerprint density at radius 3 is 2.53 bits per heavy atom. The van der Waals surface area contributed by atoms with Crippen molar-refractivity contribution in [2.75, 3.05) is 5.32 Å². The summed E-state index contributed by atoms with van der Waals surface area (Å²) in [7, 11) is 0. The molecule has 19 heavy (non-hydrogen) atoms. The van der Waals surface area contributed by atoms with Crippen LogP contribution in [-0.2, 0) is 4.79 Å². The third-order valence-corrected chi connectivity index (χ3v) is 2.41. The van der Waals surface area contributed by atoms with Crippen molar-refractivity contribution in [3.05, 3.63) is 29.3 Å². The van der Waals surface area contributed by atoms with Crippen LogP contribution in [0.4, 0.5) is 5.69 Å². The lowest BCUT2D eigenvalue weighted by Gasteiger charge is -2.08. The smallest absolute Gasteiger partial charge is 0.230 e. The predicted molar refractivity (Wildman–Crippen MR) is 78.1 cm³/mol. The number of guanidine groups is 1. The Morgan fingerprint density at radius 1 is 1.26 bits per heavy atom. The number of carbonyl (C=O) groups excluding carboxylic acids is 1. The molecule has 0 heterocycles. The van der Waals surface area contributed by atoms with Crippen molar-refractivity contribution in [3.63, 3.8) is 0 Å². The van der Waals surface area contributed by atoms with Gasteiger partial charge < -0.3 is 16.8 Å². The molecular formula is C13H19N5O. The van der Waals surface area contributed by atoms with E-state index in [2.05, 4.69) is 15.5 Å². The van der Waals surface area contributed by atoms with Gasteiger partial charge in [-0.3, -0.25) is 4.79 Å². The minimum absolute atomic E-state index is 0.130. The highest BCUT2D eigenvalue weighted by molar-refractivity contribution is 6.05. The molecule has 6 nitrogen and oxygen atoms in total. The second kappa shape index (κ2) is 6.53. The molecule has 0 unspecified atom stereocenters. The van der Waals surface area contributed by atoms with Gasteiger partial charge in [-0.15, -0.1) is 5.10 Å². The molecule has 0 spiro atoms. The van der Waals surface area contributed by atoms with E-state index in [-0.39, 0.29) is 18.3 Å². The maximum absolute atomic E-state index is 11.8. The Hall–Kier alpha value is -2.37. The van der Waals surface area contributed by atoms with E-state index in [1.807, 2.05) is 32.0 Å². The molecule has 0 saturated heterocycles. The molecule has 1 aromatic rings. The van der Waals surface area contributed by atoms with Crippen molar-refractivity contribution in [2.24, 2.45) is 21.7 Å². The average molecular weight is 261 g/mol. The van der Waals surface area contributed by atoms with Crippen LogP contribution in [0.25, 0.3) is 0 Å². The first kappa shape index (κ1) is 14.7. The second-order valence-corrected chi connectivity index (χ2v) is 4.40. The maximum Gasteiger partial charge on any atom is 0.230 e. The SMILES string of the molecule is CC(CC(=O)Nc1ccc(C)cc1C)=NN=C(N)N. The second-order valence-electron chi connectivity index (χ2n) is 4.40. The zero-order valence-corrected chi connectivity index (χ0v) is 11.4. The lowest BCUT2D eigenvalue weighted by Crippen LogP contribution is -2.22. The van der Waals surface area contributed by atoms with E-state index < -0.39 is 0 Å².